The number of rotatable bonds is 12. The Morgan fingerprint density at radius 1 is 0.935 bits per heavy atom. The van der Waals surface area contributed by atoms with Crippen LogP contribution in [0.1, 0.15) is 101 Å². The molecule has 0 radical (unpaired) electrons. The Balaban J connectivity index is 1.86. The van der Waals surface area contributed by atoms with Crippen molar-refractivity contribution in [3.05, 3.63) is 12.2 Å². The molecule has 3 aliphatic heterocycles. The number of aliphatic hydroxyl groups is 1. The van der Waals surface area contributed by atoms with Crippen LogP contribution in [-0.4, -0.2) is 89.8 Å². The van der Waals surface area contributed by atoms with Crippen LogP contribution in [0.25, 0.3) is 0 Å². The number of aliphatic hydroxyl groups excluding tert-OH is 1. The van der Waals surface area contributed by atoms with Crippen LogP contribution in [0.2, 0.25) is 36.3 Å². The Morgan fingerprint density at radius 3 is 2.13 bits per heavy atom. The monoisotopic (exact) mass is 684 g/mol. The van der Waals surface area contributed by atoms with E-state index in [0.717, 1.165) is 31.3 Å². The Morgan fingerprint density at radius 2 is 1.57 bits per heavy atom. The summed E-state index contributed by atoms with van der Waals surface area (Å²) in [6.07, 6.45) is 2.78. The number of esters is 1. The second-order valence-corrected chi connectivity index (χ2v) is 27.0. The smallest absolute Gasteiger partial charge is 0.303 e. The van der Waals surface area contributed by atoms with E-state index < -0.39 is 22.7 Å². The van der Waals surface area contributed by atoms with Crippen LogP contribution in [0.15, 0.2) is 12.2 Å². The van der Waals surface area contributed by atoms with Gasteiger partial charge in [0.05, 0.1) is 42.7 Å². The topological polar surface area (TPSA) is 92.7 Å². The van der Waals surface area contributed by atoms with Gasteiger partial charge in [-0.2, -0.15) is 0 Å². The van der Waals surface area contributed by atoms with Gasteiger partial charge >= 0.3 is 5.97 Å². The molecule has 0 bridgehead atoms. The molecule has 0 saturated carbocycles. The summed E-state index contributed by atoms with van der Waals surface area (Å²) in [6, 6.07) is 0. The van der Waals surface area contributed by atoms with E-state index in [1.807, 2.05) is 0 Å². The molecule has 10 heteroatoms. The molecule has 3 saturated heterocycles. The first kappa shape index (κ1) is 39.8. The number of hydrogen-bond donors (Lipinski definition) is 1. The zero-order valence-corrected chi connectivity index (χ0v) is 33.4. The summed E-state index contributed by atoms with van der Waals surface area (Å²) in [4.78, 5) is 12.4. The van der Waals surface area contributed by atoms with Gasteiger partial charge in [-0.15, -0.1) is 0 Å². The lowest BCUT2D eigenvalue weighted by Crippen LogP contribution is -2.63. The van der Waals surface area contributed by atoms with E-state index in [2.05, 4.69) is 88.2 Å². The van der Waals surface area contributed by atoms with Gasteiger partial charge in [-0.1, -0.05) is 62.0 Å². The van der Waals surface area contributed by atoms with Crippen molar-refractivity contribution < 1.29 is 37.7 Å². The Bertz CT molecular complexity index is 1020. The molecule has 10 atom stereocenters. The summed E-state index contributed by atoms with van der Waals surface area (Å²) >= 11 is 0. The Hall–Kier alpha value is -0.596. The summed E-state index contributed by atoms with van der Waals surface area (Å²) in [6.45, 7) is 33.7. The highest BCUT2D eigenvalue weighted by molar-refractivity contribution is 6.74. The minimum atomic E-state index is -2.12. The van der Waals surface area contributed by atoms with Crippen molar-refractivity contribution in [3.8, 4) is 0 Å². The second kappa shape index (κ2) is 15.5. The van der Waals surface area contributed by atoms with E-state index in [-0.39, 0.29) is 71.3 Å². The van der Waals surface area contributed by atoms with Crippen LogP contribution in [0.3, 0.4) is 0 Å². The predicted octanol–water partition coefficient (Wildman–Crippen LogP) is 7.79. The highest BCUT2D eigenvalue weighted by atomic mass is 28.4. The molecule has 4 unspecified atom stereocenters. The molecule has 3 aliphatic rings. The molecule has 0 aliphatic carbocycles. The molecule has 46 heavy (non-hydrogen) atoms. The molecular weight excluding hydrogens is 617 g/mol. The third-order valence-electron chi connectivity index (χ3n) is 11.7. The highest BCUT2D eigenvalue weighted by Gasteiger charge is 2.53. The van der Waals surface area contributed by atoms with E-state index in [0.29, 0.717) is 25.4 Å². The third-order valence-corrected chi connectivity index (χ3v) is 20.7. The van der Waals surface area contributed by atoms with E-state index in [9.17, 15) is 9.90 Å². The van der Waals surface area contributed by atoms with Gasteiger partial charge in [-0.05, 0) is 73.4 Å². The molecule has 8 nitrogen and oxygen atoms in total. The van der Waals surface area contributed by atoms with Gasteiger partial charge in [-0.25, -0.2) is 0 Å². The fraction of sp³-hybridized carbons (Fsp3) is 0.917. The minimum absolute atomic E-state index is 0.0532. The summed E-state index contributed by atoms with van der Waals surface area (Å²) in [5.41, 5.74) is 1.06. The van der Waals surface area contributed by atoms with Crippen molar-refractivity contribution in [3.63, 3.8) is 0 Å². The van der Waals surface area contributed by atoms with Crippen LogP contribution in [0.4, 0.5) is 0 Å². The van der Waals surface area contributed by atoms with Crippen LogP contribution < -0.4 is 0 Å². The normalized spacial score (nSPS) is 34.7. The molecule has 0 aromatic heterocycles. The van der Waals surface area contributed by atoms with Gasteiger partial charge in [-0.3, -0.25) is 4.79 Å². The summed E-state index contributed by atoms with van der Waals surface area (Å²) < 4.78 is 40.1. The van der Waals surface area contributed by atoms with Crippen molar-refractivity contribution in [1.82, 2.24) is 0 Å². The fourth-order valence-electron chi connectivity index (χ4n) is 6.62. The first-order valence-electron chi connectivity index (χ1n) is 17.8. The maximum absolute atomic E-state index is 12.4. The average molecular weight is 685 g/mol. The van der Waals surface area contributed by atoms with Crippen molar-refractivity contribution >= 4 is 22.6 Å². The minimum Gasteiger partial charge on any atom is -0.459 e. The lowest BCUT2D eigenvalue weighted by molar-refractivity contribution is -0.271. The van der Waals surface area contributed by atoms with E-state index in [1.54, 1.807) is 0 Å². The second-order valence-electron chi connectivity index (χ2n) is 17.4. The lowest BCUT2D eigenvalue weighted by atomic mass is 9.79. The first-order valence-corrected chi connectivity index (χ1v) is 23.6. The number of ether oxygens (including phenoxy) is 4. The van der Waals surface area contributed by atoms with Crippen LogP contribution >= 0.6 is 0 Å². The van der Waals surface area contributed by atoms with Gasteiger partial charge in [0, 0.05) is 38.9 Å². The van der Waals surface area contributed by atoms with Crippen LogP contribution in [0.5, 0.6) is 0 Å². The zero-order valence-electron chi connectivity index (χ0n) is 31.4. The standard InChI is InChI=1S/C36H68O8Si2/c1-23-20-27(16-15-18-37)41-29(24(23)2)21-31-33(40-26(4)38)25(3)34-32(42-31)22-30(44-46(13,14)36(8,9)10)28(43-34)17-19-39-45(11,12)35(5,6)7/h23,25,27-34,37H,2,15-22H2,1,3-14H3/t23-,25-,27?,28?,29?,30?,31+,32+,33-,34+/m1/s1. The molecule has 3 rings (SSSR count). The predicted molar refractivity (Wildman–Crippen MR) is 189 cm³/mol. The largest absolute Gasteiger partial charge is 0.459 e. The zero-order chi connectivity index (χ0) is 34.8. The van der Waals surface area contributed by atoms with E-state index in [4.69, 9.17) is 27.8 Å². The molecule has 268 valence electrons. The molecule has 1 N–H and O–H groups in total. The van der Waals surface area contributed by atoms with E-state index >= 15 is 0 Å². The lowest BCUT2D eigenvalue weighted by Gasteiger charge is -2.53. The van der Waals surface area contributed by atoms with E-state index in [1.165, 1.54) is 6.92 Å². The number of hydrogen-bond acceptors (Lipinski definition) is 8. The van der Waals surface area contributed by atoms with Crippen LogP contribution in [-0.2, 0) is 32.6 Å². The third kappa shape index (κ3) is 9.76. The van der Waals surface area contributed by atoms with Gasteiger partial charge in [0.25, 0.3) is 0 Å². The van der Waals surface area contributed by atoms with Gasteiger partial charge in [0.2, 0.25) is 0 Å². The fourth-order valence-corrected chi connectivity index (χ4v) is 9.04. The van der Waals surface area contributed by atoms with Gasteiger partial charge in [0.15, 0.2) is 16.6 Å². The Kier molecular flexibility index (Phi) is 13.4. The quantitative estimate of drug-likeness (QED) is 0.127. The average Bonchev–Trinajstić information content (AvgIpc) is 2.91. The van der Waals surface area contributed by atoms with Crippen molar-refractivity contribution in [2.75, 3.05) is 13.2 Å². The highest BCUT2D eigenvalue weighted by Crippen LogP contribution is 2.45. The number of fused-ring (bicyclic) bond motifs is 1. The van der Waals surface area contributed by atoms with Crippen LogP contribution in [0, 0.1) is 11.8 Å². The molecule has 0 aromatic rings. The molecule has 3 heterocycles. The maximum atomic E-state index is 12.4. The van der Waals surface area contributed by atoms with Crippen molar-refractivity contribution in [2.24, 2.45) is 11.8 Å². The van der Waals surface area contributed by atoms with Crippen molar-refractivity contribution in [2.45, 2.75) is 186 Å². The van der Waals surface area contributed by atoms with Gasteiger partial charge < -0.3 is 32.9 Å². The molecule has 0 aromatic carbocycles. The number of carbonyl (C=O) groups is 1. The molecular formula is C36H68O8Si2. The number of carbonyl (C=O) groups excluding carboxylic acids is 1. The first-order chi connectivity index (χ1) is 21.1. The Labute approximate surface area is 282 Å². The SMILES string of the molecule is C=C1C(C[C@@H]2O[C@H]3CC(O[Si](C)(C)C(C)(C)C)C(CCO[Si](C)(C)C(C)(C)C)O[C@H]3[C@H](C)[C@H]2OC(C)=O)OC(CCCO)C[C@H]1C. The summed E-state index contributed by atoms with van der Waals surface area (Å²) in [5.74, 6) is -0.0986. The van der Waals surface area contributed by atoms with Crippen molar-refractivity contribution in [1.29, 1.82) is 0 Å². The maximum Gasteiger partial charge on any atom is 0.303 e. The van der Waals surface area contributed by atoms with Gasteiger partial charge in [0.1, 0.15) is 6.10 Å². The summed E-state index contributed by atoms with van der Waals surface area (Å²) in [7, 11) is -4.04. The molecule has 0 amide bonds. The summed E-state index contributed by atoms with van der Waals surface area (Å²) in [5, 5.41) is 9.59. The molecule has 0 spiro atoms. The molecule has 3 fully saturated rings.